The Morgan fingerprint density at radius 2 is 1.96 bits per heavy atom. The topological polar surface area (TPSA) is 85.6 Å². The van der Waals surface area contributed by atoms with Crippen molar-refractivity contribution in [3.63, 3.8) is 0 Å². The van der Waals surface area contributed by atoms with Gasteiger partial charge >= 0.3 is 0 Å². The summed E-state index contributed by atoms with van der Waals surface area (Å²) in [6.07, 6.45) is 0. The van der Waals surface area contributed by atoms with Gasteiger partial charge in [-0.15, -0.1) is 5.10 Å². The number of hydrogen-bond donors (Lipinski definition) is 1. The van der Waals surface area contributed by atoms with Gasteiger partial charge in [0.2, 0.25) is 0 Å². The SMILES string of the molecule is Cc1cccc(NC(=O)c2cccc(-c3nnnn3C(C)C)c2)n1. The summed E-state index contributed by atoms with van der Waals surface area (Å²) in [6, 6.07) is 12.8. The first kappa shape index (κ1) is 15.8. The number of tetrazole rings is 1. The molecular formula is C17H18N6O. The van der Waals surface area contributed by atoms with E-state index in [1.807, 2.05) is 45.0 Å². The van der Waals surface area contributed by atoms with E-state index in [1.54, 1.807) is 22.9 Å². The predicted octanol–water partition coefficient (Wildman–Crippen LogP) is 2.88. The molecule has 0 spiro atoms. The number of carbonyl (C=O) groups excluding carboxylic acids is 1. The third-order valence-electron chi connectivity index (χ3n) is 3.49. The van der Waals surface area contributed by atoms with Crippen LogP contribution < -0.4 is 5.32 Å². The molecule has 0 aliphatic rings. The fourth-order valence-electron chi connectivity index (χ4n) is 2.33. The summed E-state index contributed by atoms with van der Waals surface area (Å²) in [4.78, 5) is 16.7. The van der Waals surface area contributed by atoms with Gasteiger partial charge in [-0.25, -0.2) is 9.67 Å². The van der Waals surface area contributed by atoms with E-state index < -0.39 is 0 Å². The van der Waals surface area contributed by atoms with Crippen LogP contribution in [-0.2, 0) is 0 Å². The summed E-state index contributed by atoms with van der Waals surface area (Å²) in [5, 5.41) is 14.6. The van der Waals surface area contributed by atoms with Crippen LogP contribution >= 0.6 is 0 Å². The molecule has 0 aliphatic carbocycles. The molecule has 0 bridgehead atoms. The minimum absolute atomic E-state index is 0.129. The van der Waals surface area contributed by atoms with E-state index in [2.05, 4.69) is 25.8 Å². The van der Waals surface area contributed by atoms with E-state index in [1.165, 1.54) is 0 Å². The molecule has 2 heterocycles. The molecule has 0 saturated heterocycles. The van der Waals surface area contributed by atoms with Crippen LogP contribution in [0, 0.1) is 6.92 Å². The lowest BCUT2D eigenvalue weighted by Crippen LogP contribution is -2.13. The molecule has 2 aromatic heterocycles. The van der Waals surface area contributed by atoms with E-state index in [-0.39, 0.29) is 11.9 Å². The summed E-state index contributed by atoms with van der Waals surface area (Å²) < 4.78 is 1.72. The summed E-state index contributed by atoms with van der Waals surface area (Å²) in [5.41, 5.74) is 2.16. The van der Waals surface area contributed by atoms with Crippen LogP contribution in [-0.4, -0.2) is 31.1 Å². The maximum absolute atomic E-state index is 12.5. The lowest BCUT2D eigenvalue weighted by atomic mass is 10.1. The zero-order valence-electron chi connectivity index (χ0n) is 13.8. The molecule has 0 aliphatic heterocycles. The first-order chi connectivity index (χ1) is 11.5. The van der Waals surface area contributed by atoms with Gasteiger partial charge in [0.1, 0.15) is 5.82 Å². The minimum Gasteiger partial charge on any atom is -0.307 e. The smallest absolute Gasteiger partial charge is 0.256 e. The summed E-state index contributed by atoms with van der Waals surface area (Å²) in [7, 11) is 0. The second-order valence-corrected chi connectivity index (χ2v) is 5.74. The molecule has 0 saturated carbocycles. The first-order valence-corrected chi connectivity index (χ1v) is 7.68. The van der Waals surface area contributed by atoms with Crippen LogP contribution in [0.2, 0.25) is 0 Å². The molecule has 24 heavy (non-hydrogen) atoms. The van der Waals surface area contributed by atoms with Gasteiger partial charge in [0.25, 0.3) is 5.91 Å². The van der Waals surface area contributed by atoms with Crippen LogP contribution in [0.1, 0.15) is 35.9 Å². The van der Waals surface area contributed by atoms with Gasteiger partial charge in [-0.2, -0.15) is 0 Å². The molecule has 7 nitrogen and oxygen atoms in total. The van der Waals surface area contributed by atoms with Gasteiger partial charge < -0.3 is 5.32 Å². The number of benzene rings is 1. The molecule has 1 N–H and O–H groups in total. The van der Waals surface area contributed by atoms with Gasteiger partial charge in [0.05, 0.1) is 6.04 Å². The molecule has 0 unspecified atom stereocenters. The van der Waals surface area contributed by atoms with E-state index in [0.717, 1.165) is 11.3 Å². The minimum atomic E-state index is -0.224. The van der Waals surface area contributed by atoms with Crippen molar-refractivity contribution >= 4 is 11.7 Å². The van der Waals surface area contributed by atoms with Gasteiger partial charge in [0.15, 0.2) is 5.82 Å². The van der Waals surface area contributed by atoms with Crippen molar-refractivity contribution in [3.8, 4) is 11.4 Å². The number of nitrogens with zero attached hydrogens (tertiary/aromatic N) is 5. The molecule has 1 aromatic carbocycles. The second kappa shape index (κ2) is 6.57. The molecular weight excluding hydrogens is 304 g/mol. The van der Waals surface area contributed by atoms with Gasteiger partial charge in [-0.1, -0.05) is 18.2 Å². The van der Waals surface area contributed by atoms with Gasteiger partial charge in [-0.3, -0.25) is 4.79 Å². The molecule has 122 valence electrons. The standard InChI is InChI=1S/C17H18N6O/c1-11(2)23-16(20-21-22-23)13-7-5-8-14(10-13)17(24)19-15-9-4-6-12(3)18-15/h4-11H,1-3H3,(H,18,19,24). The van der Waals surface area contributed by atoms with Crippen molar-refractivity contribution in [2.45, 2.75) is 26.8 Å². The number of anilines is 1. The number of hydrogen-bond acceptors (Lipinski definition) is 5. The Balaban J connectivity index is 1.87. The third kappa shape index (κ3) is 3.29. The number of rotatable bonds is 4. The summed E-state index contributed by atoms with van der Waals surface area (Å²) in [6.45, 7) is 5.88. The molecule has 3 rings (SSSR count). The molecule has 0 radical (unpaired) electrons. The Morgan fingerprint density at radius 1 is 1.17 bits per heavy atom. The Hall–Kier alpha value is -3.09. The van der Waals surface area contributed by atoms with Gasteiger partial charge in [-0.05, 0) is 55.5 Å². The van der Waals surface area contributed by atoms with Crippen LogP contribution in [0.4, 0.5) is 5.82 Å². The second-order valence-electron chi connectivity index (χ2n) is 5.74. The highest BCUT2D eigenvalue weighted by Gasteiger charge is 2.14. The Morgan fingerprint density at radius 3 is 2.71 bits per heavy atom. The van der Waals surface area contributed by atoms with Crippen molar-refractivity contribution < 1.29 is 4.79 Å². The highest BCUT2D eigenvalue weighted by molar-refractivity contribution is 6.04. The summed E-state index contributed by atoms with van der Waals surface area (Å²) >= 11 is 0. The van der Waals surface area contributed by atoms with Gasteiger partial charge in [0, 0.05) is 16.8 Å². The van der Waals surface area contributed by atoms with E-state index >= 15 is 0 Å². The van der Waals surface area contributed by atoms with Crippen LogP contribution in [0.3, 0.4) is 0 Å². The summed E-state index contributed by atoms with van der Waals surface area (Å²) in [5.74, 6) is 0.935. The molecule has 0 atom stereocenters. The zero-order valence-corrected chi connectivity index (χ0v) is 13.8. The monoisotopic (exact) mass is 322 g/mol. The fourth-order valence-corrected chi connectivity index (χ4v) is 2.33. The maximum atomic E-state index is 12.5. The third-order valence-corrected chi connectivity index (χ3v) is 3.49. The zero-order chi connectivity index (χ0) is 17.1. The van der Waals surface area contributed by atoms with Crippen molar-refractivity contribution in [2.75, 3.05) is 5.32 Å². The molecule has 0 fully saturated rings. The quantitative estimate of drug-likeness (QED) is 0.798. The number of amides is 1. The van der Waals surface area contributed by atoms with Crippen LogP contribution in [0.15, 0.2) is 42.5 Å². The van der Waals surface area contributed by atoms with Crippen LogP contribution in [0.25, 0.3) is 11.4 Å². The van der Waals surface area contributed by atoms with Crippen molar-refractivity contribution in [1.82, 2.24) is 25.2 Å². The molecule has 7 heteroatoms. The van der Waals surface area contributed by atoms with E-state index in [0.29, 0.717) is 17.2 Å². The largest absolute Gasteiger partial charge is 0.307 e. The number of nitrogens with one attached hydrogen (secondary N) is 1. The number of carbonyl (C=O) groups is 1. The Bertz CT molecular complexity index is 871. The Kier molecular flexibility index (Phi) is 4.33. The average molecular weight is 322 g/mol. The number of aryl methyl sites for hydroxylation is 1. The maximum Gasteiger partial charge on any atom is 0.256 e. The average Bonchev–Trinajstić information content (AvgIpc) is 3.05. The highest BCUT2D eigenvalue weighted by atomic mass is 16.1. The first-order valence-electron chi connectivity index (χ1n) is 7.68. The lowest BCUT2D eigenvalue weighted by molar-refractivity contribution is 0.102. The normalized spacial score (nSPS) is 10.8. The highest BCUT2D eigenvalue weighted by Crippen LogP contribution is 2.20. The Labute approximate surface area is 139 Å². The lowest BCUT2D eigenvalue weighted by Gasteiger charge is -2.09. The fraction of sp³-hybridized carbons (Fsp3) is 0.235. The van der Waals surface area contributed by atoms with Crippen molar-refractivity contribution in [2.24, 2.45) is 0 Å². The number of pyridine rings is 1. The molecule has 3 aromatic rings. The van der Waals surface area contributed by atoms with Crippen molar-refractivity contribution in [3.05, 3.63) is 53.7 Å². The van der Waals surface area contributed by atoms with E-state index in [4.69, 9.17) is 0 Å². The predicted molar refractivity (Wildman–Crippen MR) is 90.6 cm³/mol. The molecule has 1 amide bonds. The number of aromatic nitrogens is 5. The van der Waals surface area contributed by atoms with E-state index in [9.17, 15) is 4.79 Å². The van der Waals surface area contributed by atoms with Crippen LogP contribution in [0.5, 0.6) is 0 Å². The van der Waals surface area contributed by atoms with Crippen molar-refractivity contribution in [1.29, 1.82) is 0 Å².